The summed E-state index contributed by atoms with van der Waals surface area (Å²) in [6, 6.07) is 13.6. The lowest BCUT2D eigenvalue weighted by atomic mass is 9.97. The summed E-state index contributed by atoms with van der Waals surface area (Å²) in [6.45, 7) is 6.09. The highest BCUT2D eigenvalue weighted by molar-refractivity contribution is 5.89. The van der Waals surface area contributed by atoms with Crippen LogP contribution < -0.4 is 20.3 Å². The molecule has 8 rings (SSSR count). The quantitative estimate of drug-likeness (QED) is 0.0797. The first kappa shape index (κ1) is 32.4. The fraction of sp³-hybridized carbons (Fsp3) is 0.150. The Balaban J connectivity index is 0.995. The number of aromatic hydroxyl groups is 6. The van der Waals surface area contributed by atoms with Crippen molar-refractivity contribution in [2.24, 2.45) is 0 Å². The van der Waals surface area contributed by atoms with Gasteiger partial charge in [-0.3, -0.25) is 9.59 Å². The number of allylic oxidation sites excluding steroid dienone is 1. The van der Waals surface area contributed by atoms with Crippen molar-refractivity contribution in [3.63, 3.8) is 0 Å². The molecular formula is C40H30O12. The lowest BCUT2D eigenvalue weighted by Crippen LogP contribution is -2.17. The molecule has 52 heavy (non-hydrogen) atoms. The van der Waals surface area contributed by atoms with E-state index in [2.05, 4.69) is 6.58 Å². The fourth-order valence-electron chi connectivity index (χ4n) is 6.68. The van der Waals surface area contributed by atoms with Crippen molar-refractivity contribution < 1.29 is 48.9 Å². The summed E-state index contributed by atoms with van der Waals surface area (Å²) in [4.78, 5) is 26.2. The van der Waals surface area contributed by atoms with Gasteiger partial charge in [0, 0.05) is 59.4 Å². The fourth-order valence-corrected chi connectivity index (χ4v) is 6.68. The molecule has 0 aliphatic carbocycles. The van der Waals surface area contributed by atoms with Crippen LogP contribution in [-0.2, 0) is 12.8 Å². The SMILES string of the molecule is C=C(CC=C(C)[C@@H]1Cc2c(cc3oc(-c4ccc(O)c(O)c4)cc(=O)c3c2O)O1)[C@@H]1Cc2c(cc3oc(-c4ccc(O)c(O)c4)cc(=O)c3c2O)O1. The summed E-state index contributed by atoms with van der Waals surface area (Å²) >= 11 is 0. The summed E-state index contributed by atoms with van der Waals surface area (Å²) in [7, 11) is 0. The molecule has 2 atom stereocenters. The Morgan fingerprint density at radius 1 is 0.673 bits per heavy atom. The summed E-state index contributed by atoms with van der Waals surface area (Å²) in [5.41, 5.74) is 2.40. The third-order valence-corrected chi connectivity index (χ3v) is 9.60. The second kappa shape index (κ2) is 11.9. The van der Waals surface area contributed by atoms with Gasteiger partial charge < -0.3 is 48.9 Å². The molecule has 0 radical (unpaired) electrons. The van der Waals surface area contributed by atoms with Crippen LogP contribution in [0, 0.1) is 0 Å². The van der Waals surface area contributed by atoms with Gasteiger partial charge in [-0.15, -0.1) is 0 Å². The Bertz CT molecular complexity index is 2660. The van der Waals surface area contributed by atoms with Crippen molar-refractivity contribution in [3.8, 4) is 68.6 Å². The molecule has 0 saturated carbocycles. The number of rotatable bonds is 6. The monoisotopic (exact) mass is 702 g/mol. The molecule has 2 aliphatic rings. The zero-order valence-corrected chi connectivity index (χ0v) is 27.5. The third-order valence-electron chi connectivity index (χ3n) is 9.60. The van der Waals surface area contributed by atoms with Gasteiger partial charge in [0.05, 0.1) is 0 Å². The first-order valence-corrected chi connectivity index (χ1v) is 16.2. The van der Waals surface area contributed by atoms with E-state index in [-0.39, 0.29) is 74.4 Å². The largest absolute Gasteiger partial charge is 0.507 e. The number of ether oxygens (including phenoxy) is 2. The molecule has 0 unspecified atom stereocenters. The molecule has 2 aliphatic heterocycles. The van der Waals surface area contributed by atoms with Crippen molar-refractivity contribution >= 4 is 21.9 Å². The van der Waals surface area contributed by atoms with Crippen molar-refractivity contribution in [3.05, 3.63) is 116 Å². The number of hydrogen-bond acceptors (Lipinski definition) is 12. The Hall–Kier alpha value is -6.82. The molecule has 0 spiro atoms. The van der Waals surface area contributed by atoms with Crippen molar-refractivity contribution in [2.45, 2.75) is 38.4 Å². The Kier molecular flexibility index (Phi) is 7.42. The highest BCUT2D eigenvalue weighted by Gasteiger charge is 2.32. The van der Waals surface area contributed by atoms with Gasteiger partial charge in [0.2, 0.25) is 0 Å². The van der Waals surface area contributed by atoms with Crippen LogP contribution in [0.5, 0.6) is 46.0 Å². The van der Waals surface area contributed by atoms with Crippen LogP contribution >= 0.6 is 0 Å². The summed E-state index contributed by atoms with van der Waals surface area (Å²) in [5, 5.41) is 61.3. The molecule has 2 aromatic heterocycles. The number of hydrogen-bond donors (Lipinski definition) is 6. The standard InChI is InChI=1S/C40H30O12/c1-17(29-11-21-33(49-29)15-35-37(39(21)47)27(45)13-31(51-35)19-5-7-23(41)25(43)9-19)3-4-18(2)30-12-22-34(50-30)16-36-38(40(22)48)28(46)14-32(52-36)20-6-8-24(42)26(44)10-20/h4-10,13-16,29-30,41-44,47-48H,1,3,11-12H2,2H3/t29-,30-/m0/s1. The van der Waals surface area contributed by atoms with Crippen molar-refractivity contribution in [2.75, 3.05) is 0 Å². The van der Waals surface area contributed by atoms with Gasteiger partial charge in [-0.05, 0) is 60.9 Å². The van der Waals surface area contributed by atoms with E-state index in [0.29, 0.717) is 52.2 Å². The molecule has 12 heteroatoms. The van der Waals surface area contributed by atoms with Crippen LogP contribution in [0.1, 0.15) is 24.5 Å². The highest BCUT2D eigenvalue weighted by atomic mass is 16.5. The molecule has 262 valence electrons. The molecule has 0 saturated heterocycles. The average molecular weight is 703 g/mol. The van der Waals surface area contributed by atoms with Crippen LogP contribution in [0.4, 0.5) is 0 Å². The van der Waals surface area contributed by atoms with Gasteiger partial charge in [-0.1, -0.05) is 12.7 Å². The summed E-state index contributed by atoms with van der Waals surface area (Å²) < 4.78 is 24.2. The zero-order valence-electron chi connectivity index (χ0n) is 27.5. The van der Waals surface area contributed by atoms with Gasteiger partial charge in [0.1, 0.15) is 68.7 Å². The third kappa shape index (κ3) is 5.32. The van der Waals surface area contributed by atoms with Crippen LogP contribution in [0.15, 0.2) is 103 Å². The van der Waals surface area contributed by atoms with E-state index in [0.717, 1.165) is 5.57 Å². The molecular weight excluding hydrogens is 672 g/mol. The Morgan fingerprint density at radius 2 is 1.13 bits per heavy atom. The minimum Gasteiger partial charge on any atom is -0.507 e. The van der Waals surface area contributed by atoms with Crippen molar-refractivity contribution in [1.29, 1.82) is 0 Å². The first-order valence-electron chi connectivity index (χ1n) is 16.2. The lowest BCUT2D eigenvalue weighted by molar-refractivity contribution is 0.265. The second-order valence-electron chi connectivity index (χ2n) is 12.9. The van der Waals surface area contributed by atoms with Crippen molar-refractivity contribution in [1.82, 2.24) is 0 Å². The zero-order chi connectivity index (χ0) is 36.6. The minimum absolute atomic E-state index is 0.00209. The predicted octanol–water partition coefficient (Wildman–Crippen LogP) is 6.67. The van der Waals surface area contributed by atoms with E-state index in [9.17, 15) is 40.2 Å². The Morgan fingerprint density at radius 3 is 1.62 bits per heavy atom. The molecule has 6 N–H and O–H groups in total. The Labute approximate surface area is 293 Å². The predicted molar refractivity (Wildman–Crippen MR) is 190 cm³/mol. The molecule has 6 aromatic rings. The maximum Gasteiger partial charge on any atom is 0.197 e. The molecule has 12 nitrogen and oxygen atoms in total. The smallest absolute Gasteiger partial charge is 0.197 e. The van der Waals surface area contributed by atoms with Gasteiger partial charge in [0.15, 0.2) is 33.9 Å². The number of phenolic OH excluding ortho intramolecular Hbond substituents is 6. The molecule has 0 fully saturated rings. The number of benzene rings is 4. The summed E-state index contributed by atoms with van der Waals surface area (Å²) in [6.07, 6.45) is 1.94. The maximum absolute atomic E-state index is 13.1. The van der Waals surface area contributed by atoms with Gasteiger partial charge in [-0.25, -0.2) is 0 Å². The number of fused-ring (bicyclic) bond motifs is 4. The minimum atomic E-state index is -0.511. The molecule has 0 bridgehead atoms. The van der Waals surface area contributed by atoms with E-state index in [1.807, 2.05) is 13.0 Å². The molecule has 4 aromatic carbocycles. The average Bonchev–Trinajstić information content (AvgIpc) is 3.74. The van der Waals surface area contributed by atoms with Crippen LogP contribution in [-0.4, -0.2) is 42.8 Å². The van der Waals surface area contributed by atoms with Gasteiger partial charge in [-0.2, -0.15) is 0 Å². The van der Waals surface area contributed by atoms with Crippen LogP contribution in [0.2, 0.25) is 0 Å². The topological polar surface area (TPSA) is 200 Å². The summed E-state index contributed by atoms with van der Waals surface area (Å²) in [5.74, 6) is -0.880. The van der Waals surface area contributed by atoms with Crippen LogP contribution in [0.3, 0.4) is 0 Å². The van der Waals surface area contributed by atoms with E-state index < -0.39 is 23.1 Å². The van der Waals surface area contributed by atoms with E-state index in [1.54, 1.807) is 12.1 Å². The normalized spacial score (nSPS) is 16.4. The van der Waals surface area contributed by atoms with E-state index in [1.165, 1.54) is 48.5 Å². The van der Waals surface area contributed by atoms with E-state index in [4.69, 9.17) is 18.3 Å². The molecule has 0 amide bonds. The van der Waals surface area contributed by atoms with E-state index >= 15 is 0 Å². The van der Waals surface area contributed by atoms with Gasteiger partial charge in [0.25, 0.3) is 0 Å². The molecule has 4 heterocycles. The van der Waals surface area contributed by atoms with Crippen LogP contribution in [0.25, 0.3) is 44.6 Å². The first-order chi connectivity index (χ1) is 24.9. The lowest BCUT2D eigenvalue weighted by Gasteiger charge is -2.15. The second-order valence-corrected chi connectivity index (χ2v) is 12.9. The maximum atomic E-state index is 13.1. The van der Waals surface area contributed by atoms with Gasteiger partial charge >= 0.3 is 0 Å². The number of phenols is 6. The highest BCUT2D eigenvalue weighted by Crippen LogP contribution is 2.45.